The van der Waals surface area contributed by atoms with Crippen LogP contribution in [-0.2, 0) is 4.74 Å². The third-order valence-corrected chi connectivity index (χ3v) is 3.94. The van der Waals surface area contributed by atoms with E-state index in [4.69, 9.17) is 4.74 Å². The average Bonchev–Trinajstić information content (AvgIpc) is 2.59. The molecular formula is C18H19FN2O2. The molecule has 2 aromatic rings. The summed E-state index contributed by atoms with van der Waals surface area (Å²) in [4.78, 5) is 14.4. The molecule has 1 amide bonds. The maximum absolute atomic E-state index is 13.5. The normalized spacial score (nSPS) is 14.6. The molecule has 1 aliphatic rings. The van der Waals surface area contributed by atoms with Crippen LogP contribution in [0.25, 0.3) is 0 Å². The Morgan fingerprint density at radius 3 is 2.48 bits per heavy atom. The second-order valence-electron chi connectivity index (χ2n) is 5.56. The van der Waals surface area contributed by atoms with Gasteiger partial charge in [-0.05, 0) is 48.9 Å². The lowest BCUT2D eigenvalue weighted by molar-refractivity contribution is 0.102. The Kier molecular flexibility index (Phi) is 4.57. The van der Waals surface area contributed by atoms with Crippen LogP contribution < -0.4 is 10.2 Å². The summed E-state index contributed by atoms with van der Waals surface area (Å²) in [5, 5.41) is 2.79. The van der Waals surface area contributed by atoms with Gasteiger partial charge in [0.15, 0.2) is 0 Å². The molecule has 0 spiro atoms. The largest absolute Gasteiger partial charge is 0.378 e. The molecule has 4 nitrogen and oxygen atoms in total. The number of anilines is 2. The molecule has 0 bridgehead atoms. The number of morpholine rings is 1. The fourth-order valence-electron chi connectivity index (χ4n) is 2.51. The van der Waals surface area contributed by atoms with Crippen molar-refractivity contribution in [3.05, 3.63) is 59.4 Å². The molecule has 1 heterocycles. The summed E-state index contributed by atoms with van der Waals surface area (Å²) in [6, 6.07) is 12.1. The summed E-state index contributed by atoms with van der Waals surface area (Å²) in [5.74, 6) is -0.691. The molecule has 1 aliphatic heterocycles. The molecule has 23 heavy (non-hydrogen) atoms. The van der Waals surface area contributed by atoms with Crippen molar-refractivity contribution in [1.29, 1.82) is 0 Å². The fourth-order valence-corrected chi connectivity index (χ4v) is 2.51. The zero-order chi connectivity index (χ0) is 16.2. The number of nitrogens with zero attached hydrogens (tertiary/aromatic N) is 1. The first-order valence-corrected chi connectivity index (χ1v) is 7.64. The summed E-state index contributed by atoms with van der Waals surface area (Å²) in [7, 11) is 0. The predicted molar refractivity (Wildman–Crippen MR) is 88.6 cm³/mol. The smallest absolute Gasteiger partial charge is 0.255 e. The predicted octanol–water partition coefficient (Wildman–Crippen LogP) is 3.22. The van der Waals surface area contributed by atoms with Crippen molar-refractivity contribution in [1.82, 2.24) is 0 Å². The van der Waals surface area contributed by atoms with Crippen LogP contribution in [0.4, 0.5) is 15.8 Å². The second kappa shape index (κ2) is 6.79. The molecular weight excluding hydrogens is 295 g/mol. The number of benzene rings is 2. The van der Waals surface area contributed by atoms with Gasteiger partial charge in [-0.1, -0.05) is 6.07 Å². The van der Waals surface area contributed by atoms with Crippen molar-refractivity contribution in [3.63, 3.8) is 0 Å². The van der Waals surface area contributed by atoms with Crippen molar-refractivity contribution >= 4 is 17.3 Å². The van der Waals surface area contributed by atoms with E-state index < -0.39 is 0 Å². The van der Waals surface area contributed by atoms with Crippen LogP contribution in [-0.4, -0.2) is 32.2 Å². The van der Waals surface area contributed by atoms with E-state index in [0.717, 1.165) is 32.0 Å². The molecule has 0 unspecified atom stereocenters. The first-order chi connectivity index (χ1) is 11.1. The topological polar surface area (TPSA) is 41.6 Å². The maximum Gasteiger partial charge on any atom is 0.255 e. The minimum absolute atomic E-state index is 0.311. The number of carbonyl (C=O) groups excluding carboxylic acids is 1. The molecule has 120 valence electrons. The number of ether oxygens (including phenoxy) is 1. The molecule has 1 fully saturated rings. The van der Waals surface area contributed by atoms with Gasteiger partial charge in [-0.25, -0.2) is 4.39 Å². The van der Waals surface area contributed by atoms with Crippen LogP contribution >= 0.6 is 0 Å². The zero-order valence-corrected chi connectivity index (χ0v) is 13.0. The van der Waals surface area contributed by atoms with E-state index in [2.05, 4.69) is 10.2 Å². The molecule has 0 atom stereocenters. The van der Waals surface area contributed by atoms with Crippen LogP contribution in [0.1, 0.15) is 15.9 Å². The van der Waals surface area contributed by atoms with Gasteiger partial charge in [-0.2, -0.15) is 0 Å². The van der Waals surface area contributed by atoms with Crippen LogP contribution in [0.5, 0.6) is 0 Å². The highest BCUT2D eigenvalue weighted by Crippen LogP contribution is 2.20. The molecule has 0 aliphatic carbocycles. The maximum atomic E-state index is 13.5. The van der Waals surface area contributed by atoms with Gasteiger partial charge < -0.3 is 15.0 Å². The first kappa shape index (κ1) is 15.5. The number of carbonyl (C=O) groups is 1. The van der Waals surface area contributed by atoms with Crippen molar-refractivity contribution in [3.8, 4) is 0 Å². The van der Waals surface area contributed by atoms with E-state index in [9.17, 15) is 9.18 Å². The number of aryl methyl sites for hydroxylation is 1. The van der Waals surface area contributed by atoms with Gasteiger partial charge in [-0.3, -0.25) is 4.79 Å². The highest BCUT2D eigenvalue weighted by atomic mass is 19.1. The summed E-state index contributed by atoms with van der Waals surface area (Å²) in [6.07, 6.45) is 0. The Balaban J connectivity index is 1.67. The third kappa shape index (κ3) is 3.68. The van der Waals surface area contributed by atoms with Gasteiger partial charge in [-0.15, -0.1) is 0 Å². The third-order valence-electron chi connectivity index (χ3n) is 3.94. The standard InChI is InChI=1S/C18H19FN2O2/c1-13-2-3-14(12-17(13)19)18(22)20-15-4-6-16(7-5-15)21-8-10-23-11-9-21/h2-7,12H,8-11H2,1H3,(H,20,22). The van der Waals surface area contributed by atoms with Gasteiger partial charge >= 0.3 is 0 Å². The van der Waals surface area contributed by atoms with Gasteiger partial charge in [0.05, 0.1) is 13.2 Å². The summed E-state index contributed by atoms with van der Waals surface area (Å²) < 4.78 is 18.9. The Morgan fingerprint density at radius 2 is 1.83 bits per heavy atom. The second-order valence-corrected chi connectivity index (χ2v) is 5.56. The molecule has 0 aromatic heterocycles. The molecule has 5 heteroatoms. The van der Waals surface area contributed by atoms with E-state index in [0.29, 0.717) is 16.8 Å². The van der Waals surface area contributed by atoms with Crippen molar-refractivity contribution in [2.45, 2.75) is 6.92 Å². The monoisotopic (exact) mass is 314 g/mol. The van der Waals surface area contributed by atoms with Crippen molar-refractivity contribution in [2.24, 2.45) is 0 Å². The van der Waals surface area contributed by atoms with Gasteiger partial charge in [0.1, 0.15) is 5.82 Å². The number of hydrogen-bond donors (Lipinski definition) is 1. The summed E-state index contributed by atoms with van der Waals surface area (Å²) in [5.41, 5.74) is 2.63. The van der Waals surface area contributed by atoms with Crippen molar-refractivity contribution < 1.29 is 13.9 Å². The highest BCUT2D eigenvalue weighted by molar-refractivity contribution is 6.04. The van der Waals surface area contributed by atoms with E-state index >= 15 is 0 Å². The van der Waals surface area contributed by atoms with E-state index in [-0.39, 0.29) is 11.7 Å². The highest BCUT2D eigenvalue weighted by Gasteiger charge is 2.12. The Hall–Kier alpha value is -2.40. The van der Waals surface area contributed by atoms with E-state index in [1.54, 1.807) is 19.1 Å². The quantitative estimate of drug-likeness (QED) is 0.946. The summed E-state index contributed by atoms with van der Waals surface area (Å²) in [6.45, 7) is 4.87. The van der Waals surface area contributed by atoms with E-state index in [1.165, 1.54) is 6.07 Å². The average molecular weight is 314 g/mol. The van der Waals surface area contributed by atoms with Crippen LogP contribution in [0.3, 0.4) is 0 Å². The van der Waals surface area contributed by atoms with Gasteiger partial charge in [0.25, 0.3) is 5.91 Å². The molecule has 2 aromatic carbocycles. The lowest BCUT2D eigenvalue weighted by Crippen LogP contribution is -2.36. The minimum atomic E-state index is -0.375. The molecule has 1 N–H and O–H groups in total. The zero-order valence-electron chi connectivity index (χ0n) is 13.0. The van der Waals surface area contributed by atoms with Crippen LogP contribution in [0, 0.1) is 12.7 Å². The Morgan fingerprint density at radius 1 is 1.13 bits per heavy atom. The molecule has 0 saturated carbocycles. The first-order valence-electron chi connectivity index (χ1n) is 7.64. The molecule has 1 saturated heterocycles. The fraction of sp³-hybridized carbons (Fsp3) is 0.278. The van der Waals surface area contributed by atoms with Crippen LogP contribution in [0.2, 0.25) is 0 Å². The number of hydrogen-bond acceptors (Lipinski definition) is 3. The number of halogens is 1. The number of rotatable bonds is 3. The van der Waals surface area contributed by atoms with Gasteiger partial charge in [0.2, 0.25) is 0 Å². The molecule has 0 radical (unpaired) electrons. The Labute approximate surface area is 134 Å². The lowest BCUT2D eigenvalue weighted by atomic mass is 10.1. The minimum Gasteiger partial charge on any atom is -0.378 e. The molecule has 3 rings (SSSR count). The number of amides is 1. The lowest BCUT2D eigenvalue weighted by Gasteiger charge is -2.28. The Bertz CT molecular complexity index is 695. The van der Waals surface area contributed by atoms with Crippen LogP contribution in [0.15, 0.2) is 42.5 Å². The van der Waals surface area contributed by atoms with E-state index in [1.807, 2.05) is 24.3 Å². The van der Waals surface area contributed by atoms with Crippen molar-refractivity contribution in [2.75, 3.05) is 36.5 Å². The van der Waals surface area contributed by atoms with Gasteiger partial charge in [0, 0.05) is 30.0 Å². The summed E-state index contributed by atoms with van der Waals surface area (Å²) >= 11 is 0. The number of nitrogens with one attached hydrogen (secondary N) is 1. The SMILES string of the molecule is Cc1ccc(C(=O)Nc2ccc(N3CCOCC3)cc2)cc1F.